The molecule has 0 aliphatic carbocycles. The van der Waals surface area contributed by atoms with E-state index in [9.17, 15) is 4.79 Å². The summed E-state index contributed by atoms with van der Waals surface area (Å²) in [6, 6.07) is 7.46. The zero-order chi connectivity index (χ0) is 16.4. The van der Waals surface area contributed by atoms with Gasteiger partial charge in [0.25, 0.3) is 0 Å². The van der Waals surface area contributed by atoms with Gasteiger partial charge in [0.05, 0.1) is 23.0 Å². The van der Waals surface area contributed by atoms with Crippen LogP contribution in [0.2, 0.25) is 5.02 Å². The third kappa shape index (κ3) is 3.41. The molecule has 3 rings (SSSR count). The maximum atomic E-state index is 12.5. The quantitative estimate of drug-likeness (QED) is 0.637. The number of carbonyl (C=O) groups excluding carboxylic acids is 1. The Balaban J connectivity index is 2.01. The largest absolute Gasteiger partial charge is 0.467 e. The van der Waals surface area contributed by atoms with Crippen molar-refractivity contribution in [2.75, 3.05) is 4.90 Å². The van der Waals surface area contributed by atoms with Crippen molar-refractivity contribution in [3.05, 3.63) is 46.9 Å². The van der Waals surface area contributed by atoms with E-state index in [-0.39, 0.29) is 5.91 Å². The van der Waals surface area contributed by atoms with E-state index in [1.54, 1.807) is 11.2 Å². The highest BCUT2D eigenvalue weighted by Gasteiger charge is 2.21. The summed E-state index contributed by atoms with van der Waals surface area (Å²) in [6.45, 7) is 4.35. The molecule has 0 saturated carbocycles. The standard InChI is InChI=1S/C17H17ClN2O2S/c1-3-5-15(21)20(10-13-6-4-7-22-13)17-19-16-11(2)8-12(18)9-14(16)23-17/h4,6-9H,3,5,10H2,1-2H3. The SMILES string of the molecule is CCCC(=O)N(Cc1ccco1)c1nc2c(C)cc(Cl)cc2s1. The molecular formula is C17H17ClN2O2S. The van der Waals surface area contributed by atoms with Crippen molar-refractivity contribution in [2.45, 2.75) is 33.2 Å². The molecule has 0 bridgehead atoms. The average molecular weight is 349 g/mol. The minimum atomic E-state index is 0.0479. The molecule has 0 fully saturated rings. The molecule has 0 atom stereocenters. The molecule has 6 heteroatoms. The van der Waals surface area contributed by atoms with Gasteiger partial charge >= 0.3 is 0 Å². The molecule has 1 amide bonds. The number of aromatic nitrogens is 1. The summed E-state index contributed by atoms with van der Waals surface area (Å²) in [5, 5.41) is 1.36. The van der Waals surface area contributed by atoms with E-state index in [0.29, 0.717) is 23.1 Å². The van der Waals surface area contributed by atoms with E-state index in [4.69, 9.17) is 16.0 Å². The number of aryl methyl sites for hydroxylation is 1. The molecule has 0 unspecified atom stereocenters. The molecule has 2 aromatic heterocycles. The average Bonchev–Trinajstić information content (AvgIpc) is 3.13. The van der Waals surface area contributed by atoms with Crippen LogP contribution < -0.4 is 4.90 Å². The first-order chi connectivity index (χ1) is 11.1. The van der Waals surface area contributed by atoms with Crippen molar-refractivity contribution < 1.29 is 9.21 Å². The van der Waals surface area contributed by atoms with E-state index in [1.807, 2.05) is 38.1 Å². The van der Waals surface area contributed by atoms with Crippen LogP contribution in [0.25, 0.3) is 10.2 Å². The summed E-state index contributed by atoms with van der Waals surface area (Å²) in [7, 11) is 0. The summed E-state index contributed by atoms with van der Waals surface area (Å²) < 4.78 is 6.38. The fourth-order valence-electron chi connectivity index (χ4n) is 2.43. The lowest BCUT2D eigenvalue weighted by Crippen LogP contribution is -2.29. The number of fused-ring (bicyclic) bond motifs is 1. The summed E-state index contributed by atoms with van der Waals surface area (Å²) in [6.07, 6.45) is 2.89. The topological polar surface area (TPSA) is 46.3 Å². The van der Waals surface area contributed by atoms with E-state index in [2.05, 4.69) is 4.98 Å². The Bertz CT molecular complexity index is 827. The van der Waals surface area contributed by atoms with Crippen molar-refractivity contribution in [3.8, 4) is 0 Å². The van der Waals surface area contributed by atoms with E-state index in [0.717, 1.165) is 28.0 Å². The van der Waals surface area contributed by atoms with Crippen molar-refractivity contribution in [1.82, 2.24) is 4.98 Å². The predicted molar refractivity (Wildman–Crippen MR) is 94.2 cm³/mol. The Hall–Kier alpha value is -1.85. The van der Waals surface area contributed by atoms with Gasteiger partial charge in [0.15, 0.2) is 5.13 Å². The fourth-order valence-corrected chi connectivity index (χ4v) is 3.86. The molecule has 4 nitrogen and oxygen atoms in total. The third-order valence-corrected chi connectivity index (χ3v) is 4.77. The first-order valence-corrected chi connectivity index (χ1v) is 8.67. The number of amides is 1. The van der Waals surface area contributed by atoms with E-state index >= 15 is 0 Å². The van der Waals surface area contributed by atoms with Gasteiger partial charge in [0.2, 0.25) is 5.91 Å². The highest BCUT2D eigenvalue weighted by molar-refractivity contribution is 7.22. The molecule has 3 aromatic rings. The Kier molecular flexibility index (Phi) is 4.68. The molecule has 23 heavy (non-hydrogen) atoms. The fraction of sp³-hybridized carbons (Fsp3) is 0.294. The van der Waals surface area contributed by atoms with E-state index in [1.165, 1.54) is 11.3 Å². The van der Waals surface area contributed by atoms with Crippen molar-refractivity contribution >= 4 is 44.2 Å². The highest BCUT2D eigenvalue weighted by Crippen LogP contribution is 2.34. The number of nitrogens with zero attached hydrogens (tertiary/aromatic N) is 2. The molecule has 0 spiro atoms. The maximum Gasteiger partial charge on any atom is 0.229 e. The summed E-state index contributed by atoms with van der Waals surface area (Å²) >= 11 is 7.60. The van der Waals surface area contributed by atoms with Crippen LogP contribution in [-0.4, -0.2) is 10.9 Å². The number of anilines is 1. The van der Waals surface area contributed by atoms with Crippen LogP contribution in [0.3, 0.4) is 0 Å². The number of halogens is 1. The van der Waals surface area contributed by atoms with Crippen molar-refractivity contribution in [3.63, 3.8) is 0 Å². The van der Waals surface area contributed by atoms with Crippen LogP contribution in [0.5, 0.6) is 0 Å². The number of rotatable bonds is 5. The van der Waals surface area contributed by atoms with Crippen molar-refractivity contribution in [1.29, 1.82) is 0 Å². The van der Waals surface area contributed by atoms with Gasteiger partial charge in [0.1, 0.15) is 5.76 Å². The molecule has 120 valence electrons. The second-order valence-corrected chi connectivity index (χ2v) is 6.82. The summed E-state index contributed by atoms with van der Waals surface area (Å²) in [5.41, 5.74) is 1.90. The lowest BCUT2D eigenvalue weighted by molar-refractivity contribution is -0.118. The maximum absolute atomic E-state index is 12.5. The number of benzene rings is 1. The molecule has 0 aliphatic rings. The predicted octanol–water partition coefficient (Wildman–Crippen LogP) is 5.18. The Morgan fingerprint density at radius 1 is 1.43 bits per heavy atom. The number of hydrogen-bond donors (Lipinski definition) is 0. The molecule has 0 N–H and O–H groups in total. The molecule has 1 aromatic carbocycles. The van der Waals surface area contributed by atoms with Gasteiger partial charge in [-0.2, -0.15) is 0 Å². The van der Waals surface area contributed by atoms with Crippen LogP contribution in [0, 0.1) is 6.92 Å². The number of carbonyl (C=O) groups is 1. The Morgan fingerprint density at radius 2 is 2.26 bits per heavy atom. The normalized spacial score (nSPS) is 11.1. The summed E-state index contributed by atoms with van der Waals surface area (Å²) in [5.74, 6) is 0.787. The highest BCUT2D eigenvalue weighted by atomic mass is 35.5. The van der Waals surface area contributed by atoms with Crippen molar-refractivity contribution in [2.24, 2.45) is 0 Å². The van der Waals surface area contributed by atoms with E-state index < -0.39 is 0 Å². The number of thiazole rings is 1. The minimum Gasteiger partial charge on any atom is -0.467 e. The van der Waals surface area contributed by atoms with Crippen LogP contribution in [0.15, 0.2) is 34.9 Å². The summed E-state index contributed by atoms with van der Waals surface area (Å²) in [4.78, 5) is 18.9. The second kappa shape index (κ2) is 6.72. The van der Waals surface area contributed by atoms with Crippen LogP contribution in [0.1, 0.15) is 31.1 Å². The number of hydrogen-bond acceptors (Lipinski definition) is 4. The van der Waals surface area contributed by atoms with Gasteiger partial charge in [-0.25, -0.2) is 4.98 Å². The van der Waals surface area contributed by atoms with Gasteiger partial charge in [-0.3, -0.25) is 9.69 Å². The van der Waals surface area contributed by atoms with Crippen LogP contribution in [-0.2, 0) is 11.3 Å². The molecule has 2 heterocycles. The molecule has 0 aliphatic heterocycles. The molecular weight excluding hydrogens is 332 g/mol. The lowest BCUT2D eigenvalue weighted by atomic mass is 10.2. The first-order valence-electron chi connectivity index (χ1n) is 7.48. The zero-order valence-corrected chi connectivity index (χ0v) is 14.6. The Morgan fingerprint density at radius 3 is 2.96 bits per heavy atom. The van der Waals surface area contributed by atoms with Gasteiger partial charge in [-0.15, -0.1) is 0 Å². The van der Waals surface area contributed by atoms with Gasteiger partial charge in [0, 0.05) is 11.4 Å². The smallest absolute Gasteiger partial charge is 0.229 e. The molecule has 0 saturated heterocycles. The van der Waals surface area contributed by atoms with Gasteiger partial charge < -0.3 is 4.42 Å². The van der Waals surface area contributed by atoms with Gasteiger partial charge in [-0.05, 0) is 43.2 Å². The lowest BCUT2D eigenvalue weighted by Gasteiger charge is -2.18. The number of furan rings is 1. The second-order valence-electron chi connectivity index (χ2n) is 5.38. The molecule has 0 radical (unpaired) electrons. The minimum absolute atomic E-state index is 0.0479. The van der Waals surface area contributed by atoms with Crippen LogP contribution in [0.4, 0.5) is 5.13 Å². The third-order valence-electron chi connectivity index (χ3n) is 3.53. The monoisotopic (exact) mass is 348 g/mol. The van der Waals surface area contributed by atoms with Crippen LogP contribution >= 0.6 is 22.9 Å². The Labute approximate surface area is 143 Å². The van der Waals surface area contributed by atoms with Gasteiger partial charge in [-0.1, -0.05) is 29.9 Å². The zero-order valence-electron chi connectivity index (χ0n) is 13.0. The first kappa shape index (κ1) is 16.0.